The molecule has 0 aliphatic rings. The maximum absolute atomic E-state index is 11.6. The fourth-order valence-corrected chi connectivity index (χ4v) is 1.27. The zero-order chi connectivity index (χ0) is 16.1. The molecule has 20 heavy (non-hydrogen) atoms. The molecule has 121 valence electrons. The van der Waals surface area contributed by atoms with Gasteiger partial charge in [0.2, 0.25) is 0 Å². The van der Waals surface area contributed by atoms with Gasteiger partial charge in [0.05, 0.1) is 12.1 Å². The Hall–Kier alpha value is 1.35. The van der Waals surface area contributed by atoms with Crippen LogP contribution in [0, 0.1) is 0 Å². The van der Waals surface area contributed by atoms with E-state index in [9.17, 15) is 9.90 Å². The predicted molar refractivity (Wildman–Crippen MR) is 96.2 cm³/mol. The second kappa shape index (κ2) is 15.3. The van der Waals surface area contributed by atoms with Gasteiger partial charge in [0.1, 0.15) is 0 Å². The van der Waals surface area contributed by atoms with Crippen LogP contribution in [0.1, 0.15) is 27.2 Å². The molecule has 0 saturated carbocycles. The van der Waals surface area contributed by atoms with Gasteiger partial charge in [-0.25, -0.2) is 5.01 Å². The zero-order valence-electron chi connectivity index (χ0n) is 12.4. The standard InChI is InChI=1S/C11H26N4O2.2HI.V/c1-5-9(12)10(16)7-15(6-2)14-11(17)8(3)13-4;;;/h8-10,13,16H,5-7,12H2,1-4H3,(H,14,17);2*1H;/q;;;+2/p-2/t8?,9?,10-;;;/m0.../s1. The molecule has 3 atom stereocenters. The van der Waals surface area contributed by atoms with Crippen molar-refractivity contribution in [3.63, 3.8) is 0 Å². The third-order valence-corrected chi connectivity index (χ3v) is 2.85. The van der Waals surface area contributed by atoms with Gasteiger partial charge in [0.15, 0.2) is 0 Å². The predicted octanol–water partition coefficient (Wildman–Crippen LogP) is 0.815. The van der Waals surface area contributed by atoms with Crippen molar-refractivity contribution in [3.05, 3.63) is 0 Å². The van der Waals surface area contributed by atoms with Crippen molar-refractivity contribution >= 4 is 45.9 Å². The summed E-state index contributed by atoms with van der Waals surface area (Å²) < 4.78 is 0. The van der Waals surface area contributed by atoms with Crippen LogP contribution in [0.3, 0.4) is 0 Å². The van der Waals surface area contributed by atoms with Crippen molar-refractivity contribution in [2.75, 3.05) is 20.1 Å². The number of halogens is 2. The van der Waals surface area contributed by atoms with E-state index in [0.717, 1.165) is 0 Å². The molecule has 0 radical (unpaired) electrons. The van der Waals surface area contributed by atoms with Gasteiger partial charge in [0, 0.05) is 19.1 Å². The van der Waals surface area contributed by atoms with E-state index in [0.29, 0.717) is 29.0 Å². The molecule has 0 aromatic rings. The maximum atomic E-state index is 11.6. The van der Waals surface area contributed by atoms with E-state index < -0.39 is 6.10 Å². The fourth-order valence-electron chi connectivity index (χ4n) is 1.27. The number of hydrazine groups is 1. The first-order valence-electron chi connectivity index (χ1n) is 6.46. The molecule has 0 spiro atoms. The molecule has 0 aromatic heterocycles. The summed E-state index contributed by atoms with van der Waals surface area (Å²) in [4.78, 5) is 11.6. The number of nitrogens with zero attached hydrogens (tertiary/aromatic N) is 1. The monoisotopic (exact) mass is 551 g/mol. The van der Waals surface area contributed by atoms with Crippen molar-refractivity contribution in [2.45, 2.75) is 45.4 Å². The molecule has 5 N–H and O–H groups in total. The van der Waals surface area contributed by atoms with Crippen LogP contribution in [0.2, 0.25) is 0 Å². The Morgan fingerprint density at radius 1 is 1.45 bits per heavy atom. The Morgan fingerprint density at radius 3 is 2.30 bits per heavy atom. The molecule has 6 nitrogen and oxygen atoms in total. The van der Waals surface area contributed by atoms with Crippen molar-refractivity contribution in [3.8, 4) is 0 Å². The van der Waals surface area contributed by atoms with E-state index in [1.54, 1.807) is 19.0 Å². The number of hydrogen-bond donors (Lipinski definition) is 4. The van der Waals surface area contributed by atoms with Gasteiger partial charge in [-0.2, -0.15) is 0 Å². The first kappa shape index (κ1) is 23.6. The average molecular weight is 551 g/mol. The molecule has 0 aromatic carbocycles. The van der Waals surface area contributed by atoms with Crippen LogP contribution >= 0.6 is 40.0 Å². The molecule has 0 saturated heterocycles. The SMILES string of the molecule is CCC(N)[C@@H](O)CN(CC)NC(=O)C(C)NC.[I][V][I]. The Balaban J connectivity index is 0. The van der Waals surface area contributed by atoms with Gasteiger partial charge in [-0.05, 0) is 20.4 Å². The number of aliphatic hydroxyl groups is 1. The Labute approximate surface area is 151 Å². The number of rotatable bonds is 8. The van der Waals surface area contributed by atoms with E-state index in [-0.39, 0.29) is 18.0 Å². The van der Waals surface area contributed by atoms with E-state index in [4.69, 9.17) is 5.73 Å². The molecular weight excluding hydrogens is 525 g/mol. The zero-order valence-corrected chi connectivity index (χ0v) is 18.1. The van der Waals surface area contributed by atoms with E-state index in [1.807, 2.05) is 13.8 Å². The molecule has 9 heteroatoms. The van der Waals surface area contributed by atoms with Crippen LogP contribution in [0.25, 0.3) is 0 Å². The van der Waals surface area contributed by atoms with E-state index >= 15 is 0 Å². The van der Waals surface area contributed by atoms with Crippen molar-refractivity contribution < 1.29 is 19.4 Å². The molecule has 0 aliphatic heterocycles. The van der Waals surface area contributed by atoms with Gasteiger partial charge in [-0.15, -0.1) is 0 Å². The van der Waals surface area contributed by atoms with Gasteiger partial charge < -0.3 is 16.2 Å². The van der Waals surface area contributed by atoms with Gasteiger partial charge in [0.25, 0.3) is 5.91 Å². The molecule has 0 fully saturated rings. The van der Waals surface area contributed by atoms with Crippen molar-refractivity contribution in [2.24, 2.45) is 5.73 Å². The summed E-state index contributed by atoms with van der Waals surface area (Å²) in [6, 6.07) is -0.524. The third-order valence-electron chi connectivity index (χ3n) is 2.85. The van der Waals surface area contributed by atoms with E-state index in [1.165, 1.54) is 0 Å². The number of likely N-dealkylation sites (N-methyl/N-ethyl adjacent to an activating group) is 2. The number of carbonyl (C=O) groups excluding carboxylic acids is 1. The fraction of sp³-hybridized carbons (Fsp3) is 0.909. The van der Waals surface area contributed by atoms with Crippen molar-refractivity contribution in [1.29, 1.82) is 0 Å². The van der Waals surface area contributed by atoms with E-state index in [2.05, 4.69) is 50.7 Å². The topological polar surface area (TPSA) is 90.6 Å². The van der Waals surface area contributed by atoms with Gasteiger partial charge in [-0.3, -0.25) is 10.2 Å². The summed E-state index contributed by atoms with van der Waals surface area (Å²) in [6.45, 7) is 6.57. The van der Waals surface area contributed by atoms with Crippen LogP contribution in [-0.4, -0.2) is 54.3 Å². The Kier molecular flexibility index (Phi) is 18.0. The molecule has 0 aliphatic carbocycles. The quantitative estimate of drug-likeness (QED) is 0.265. The molecular formula is C11H26I2N4O2V. The number of carbonyl (C=O) groups is 1. The number of nitrogens with two attached hydrogens (primary N) is 1. The molecule has 0 rings (SSSR count). The second-order valence-corrected chi connectivity index (χ2v) is 16.0. The molecule has 1 amide bonds. The Bertz CT molecular complexity index is 252. The third kappa shape index (κ3) is 12.0. The number of hydrogen-bond acceptors (Lipinski definition) is 5. The summed E-state index contributed by atoms with van der Waals surface area (Å²) in [5, 5.41) is 14.3. The average Bonchev–Trinajstić information content (AvgIpc) is 2.44. The van der Waals surface area contributed by atoms with Crippen LogP contribution < -0.4 is 16.5 Å². The van der Waals surface area contributed by atoms with Crippen molar-refractivity contribution in [1.82, 2.24) is 15.8 Å². The van der Waals surface area contributed by atoms with Gasteiger partial charge in [-0.1, -0.05) is 13.8 Å². The van der Waals surface area contributed by atoms with Crippen LogP contribution in [0.4, 0.5) is 0 Å². The number of amides is 1. The summed E-state index contributed by atoms with van der Waals surface area (Å²) in [5.41, 5.74) is 8.48. The first-order chi connectivity index (χ1) is 9.37. The number of nitrogens with one attached hydrogen (secondary N) is 2. The Morgan fingerprint density at radius 2 is 1.95 bits per heavy atom. The second-order valence-electron chi connectivity index (χ2n) is 4.23. The molecule has 0 bridgehead atoms. The summed E-state index contributed by atoms with van der Waals surface area (Å²) in [5.74, 6) is -0.119. The van der Waals surface area contributed by atoms with Crippen LogP contribution in [0.5, 0.6) is 0 Å². The number of aliphatic hydroxyl groups excluding tert-OH is 1. The summed E-state index contributed by atoms with van der Waals surface area (Å²) in [6.07, 6.45) is 0.0738. The minimum atomic E-state index is -0.634. The molecule has 0 heterocycles. The minimum absolute atomic E-state index is 0.119. The molecule has 2 unspecified atom stereocenters. The summed E-state index contributed by atoms with van der Waals surface area (Å²) >= 11 is 4.74. The van der Waals surface area contributed by atoms with Crippen LogP contribution in [0.15, 0.2) is 0 Å². The van der Waals surface area contributed by atoms with Gasteiger partial charge >= 0.3 is 49.4 Å². The van der Waals surface area contributed by atoms with Crippen LogP contribution in [-0.2, 0) is 14.3 Å². The summed E-state index contributed by atoms with van der Waals surface area (Å²) in [7, 11) is 2.35. The normalized spacial score (nSPS) is 14.8. The first-order valence-corrected chi connectivity index (χ1v) is 15.5.